The SMILES string of the molecule is CCCC(CCO)CNC1CCCN(CC)CC1. The number of aliphatic hydroxyl groups excluding tert-OH is 1. The lowest BCUT2D eigenvalue weighted by Crippen LogP contribution is -2.34. The van der Waals surface area contributed by atoms with Gasteiger partial charge in [0, 0.05) is 12.6 Å². The average molecular weight is 256 g/mol. The number of aliphatic hydroxyl groups is 1. The molecule has 1 saturated heterocycles. The lowest BCUT2D eigenvalue weighted by Gasteiger charge is -2.22. The third-order valence-corrected chi connectivity index (χ3v) is 4.20. The minimum Gasteiger partial charge on any atom is -0.396 e. The number of hydrogen-bond acceptors (Lipinski definition) is 3. The van der Waals surface area contributed by atoms with Gasteiger partial charge in [-0.2, -0.15) is 0 Å². The van der Waals surface area contributed by atoms with Crippen LogP contribution in [0.4, 0.5) is 0 Å². The Bertz CT molecular complexity index is 193. The van der Waals surface area contributed by atoms with Gasteiger partial charge in [0.1, 0.15) is 0 Å². The monoisotopic (exact) mass is 256 g/mol. The van der Waals surface area contributed by atoms with Crippen molar-refractivity contribution in [2.45, 2.75) is 58.4 Å². The standard InChI is InChI=1S/C15H32N2O/c1-3-6-14(9-12-18)13-16-15-7-5-10-17(4-2)11-8-15/h14-16,18H,3-13H2,1-2H3. The molecule has 1 heterocycles. The van der Waals surface area contributed by atoms with Crippen molar-refractivity contribution < 1.29 is 5.11 Å². The van der Waals surface area contributed by atoms with E-state index >= 15 is 0 Å². The van der Waals surface area contributed by atoms with Gasteiger partial charge >= 0.3 is 0 Å². The van der Waals surface area contributed by atoms with Gasteiger partial charge < -0.3 is 15.3 Å². The van der Waals surface area contributed by atoms with E-state index in [4.69, 9.17) is 5.11 Å². The molecule has 3 heteroatoms. The van der Waals surface area contributed by atoms with Crippen LogP contribution in [-0.4, -0.2) is 48.8 Å². The molecule has 0 bridgehead atoms. The summed E-state index contributed by atoms with van der Waals surface area (Å²) in [5, 5.41) is 12.8. The van der Waals surface area contributed by atoms with Crippen LogP contribution < -0.4 is 5.32 Å². The number of likely N-dealkylation sites (tertiary alicyclic amines) is 1. The molecule has 0 amide bonds. The lowest BCUT2D eigenvalue weighted by atomic mass is 9.99. The first-order valence-electron chi connectivity index (χ1n) is 7.86. The number of nitrogens with zero attached hydrogens (tertiary/aromatic N) is 1. The molecule has 1 fully saturated rings. The second-order valence-corrected chi connectivity index (χ2v) is 5.64. The lowest BCUT2D eigenvalue weighted by molar-refractivity contribution is 0.243. The molecule has 3 nitrogen and oxygen atoms in total. The van der Waals surface area contributed by atoms with E-state index in [9.17, 15) is 0 Å². The molecule has 2 atom stereocenters. The minimum atomic E-state index is 0.334. The summed E-state index contributed by atoms with van der Waals surface area (Å²) in [7, 11) is 0. The molecule has 1 rings (SSSR count). The number of rotatable bonds is 8. The van der Waals surface area contributed by atoms with E-state index in [0.717, 1.165) is 13.0 Å². The zero-order valence-corrected chi connectivity index (χ0v) is 12.3. The largest absolute Gasteiger partial charge is 0.396 e. The van der Waals surface area contributed by atoms with Gasteiger partial charge in [-0.25, -0.2) is 0 Å². The van der Waals surface area contributed by atoms with Crippen molar-refractivity contribution in [3.05, 3.63) is 0 Å². The summed E-state index contributed by atoms with van der Waals surface area (Å²) in [5.41, 5.74) is 0. The summed E-state index contributed by atoms with van der Waals surface area (Å²) in [5.74, 6) is 0.658. The predicted octanol–water partition coefficient (Wildman–Crippen LogP) is 2.25. The first-order chi connectivity index (χ1) is 8.80. The van der Waals surface area contributed by atoms with Crippen molar-refractivity contribution in [3.8, 4) is 0 Å². The first kappa shape index (κ1) is 15.9. The van der Waals surface area contributed by atoms with Crippen molar-refractivity contribution in [1.82, 2.24) is 10.2 Å². The van der Waals surface area contributed by atoms with E-state index in [0.29, 0.717) is 18.6 Å². The first-order valence-corrected chi connectivity index (χ1v) is 7.86. The van der Waals surface area contributed by atoms with Crippen molar-refractivity contribution in [2.75, 3.05) is 32.8 Å². The summed E-state index contributed by atoms with van der Waals surface area (Å²) in [4.78, 5) is 2.55. The fourth-order valence-corrected chi connectivity index (χ4v) is 2.95. The highest BCUT2D eigenvalue weighted by Gasteiger charge is 2.16. The van der Waals surface area contributed by atoms with Gasteiger partial charge in [0.05, 0.1) is 0 Å². The van der Waals surface area contributed by atoms with E-state index in [1.807, 2.05) is 0 Å². The molecular formula is C15H32N2O. The van der Waals surface area contributed by atoms with Crippen molar-refractivity contribution >= 4 is 0 Å². The molecule has 0 aromatic carbocycles. The third-order valence-electron chi connectivity index (χ3n) is 4.20. The highest BCUT2D eigenvalue weighted by atomic mass is 16.3. The van der Waals surface area contributed by atoms with Crippen molar-refractivity contribution in [3.63, 3.8) is 0 Å². The third kappa shape index (κ3) is 6.17. The van der Waals surface area contributed by atoms with Crippen LogP contribution in [-0.2, 0) is 0 Å². The van der Waals surface area contributed by atoms with Gasteiger partial charge in [-0.3, -0.25) is 0 Å². The Morgan fingerprint density at radius 2 is 2.06 bits per heavy atom. The van der Waals surface area contributed by atoms with Crippen LogP contribution in [0.2, 0.25) is 0 Å². The number of nitrogens with one attached hydrogen (secondary N) is 1. The smallest absolute Gasteiger partial charge is 0.0434 e. The number of hydrogen-bond donors (Lipinski definition) is 2. The molecule has 0 aromatic heterocycles. The predicted molar refractivity (Wildman–Crippen MR) is 77.9 cm³/mol. The molecule has 1 aliphatic rings. The summed E-state index contributed by atoms with van der Waals surface area (Å²) in [6, 6.07) is 0.694. The van der Waals surface area contributed by atoms with Crippen LogP contribution in [0.5, 0.6) is 0 Å². The Morgan fingerprint density at radius 3 is 2.72 bits per heavy atom. The second-order valence-electron chi connectivity index (χ2n) is 5.64. The van der Waals surface area contributed by atoms with Crippen LogP contribution in [0.25, 0.3) is 0 Å². The molecule has 0 aromatic rings. The normalized spacial score (nSPS) is 23.8. The van der Waals surface area contributed by atoms with Gasteiger partial charge in [-0.15, -0.1) is 0 Å². The van der Waals surface area contributed by atoms with Crippen LogP contribution in [0.15, 0.2) is 0 Å². The van der Waals surface area contributed by atoms with Crippen LogP contribution in [0.1, 0.15) is 52.4 Å². The second kappa shape index (κ2) is 9.76. The molecule has 0 saturated carbocycles. The van der Waals surface area contributed by atoms with Gasteiger partial charge in [-0.05, 0) is 64.2 Å². The van der Waals surface area contributed by atoms with E-state index in [2.05, 4.69) is 24.1 Å². The maximum Gasteiger partial charge on any atom is 0.0434 e. The quantitative estimate of drug-likeness (QED) is 0.699. The highest BCUT2D eigenvalue weighted by Crippen LogP contribution is 2.14. The van der Waals surface area contributed by atoms with Crippen LogP contribution >= 0.6 is 0 Å². The fraction of sp³-hybridized carbons (Fsp3) is 1.00. The Labute approximate surface area is 113 Å². The van der Waals surface area contributed by atoms with E-state index < -0.39 is 0 Å². The van der Waals surface area contributed by atoms with Gasteiger partial charge in [0.2, 0.25) is 0 Å². The zero-order valence-electron chi connectivity index (χ0n) is 12.3. The molecule has 108 valence electrons. The Hall–Kier alpha value is -0.120. The van der Waals surface area contributed by atoms with Gasteiger partial charge in [-0.1, -0.05) is 20.3 Å². The van der Waals surface area contributed by atoms with Crippen molar-refractivity contribution in [2.24, 2.45) is 5.92 Å². The Kier molecular flexibility index (Phi) is 8.64. The van der Waals surface area contributed by atoms with Crippen LogP contribution in [0.3, 0.4) is 0 Å². The summed E-state index contributed by atoms with van der Waals surface area (Å²) in [6.45, 7) is 9.61. The summed E-state index contributed by atoms with van der Waals surface area (Å²) >= 11 is 0. The van der Waals surface area contributed by atoms with E-state index in [1.54, 1.807) is 0 Å². The van der Waals surface area contributed by atoms with Gasteiger partial charge in [0.15, 0.2) is 0 Å². The molecule has 0 spiro atoms. The molecule has 2 N–H and O–H groups in total. The Balaban J connectivity index is 2.24. The zero-order chi connectivity index (χ0) is 13.2. The fourth-order valence-electron chi connectivity index (χ4n) is 2.95. The molecule has 2 unspecified atom stereocenters. The van der Waals surface area contributed by atoms with Crippen molar-refractivity contribution in [1.29, 1.82) is 0 Å². The topological polar surface area (TPSA) is 35.5 Å². The highest BCUT2D eigenvalue weighted by molar-refractivity contribution is 4.75. The molecule has 0 radical (unpaired) electrons. The molecule has 0 aliphatic carbocycles. The van der Waals surface area contributed by atoms with Gasteiger partial charge in [0.25, 0.3) is 0 Å². The maximum atomic E-state index is 9.08. The van der Waals surface area contributed by atoms with E-state index in [1.165, 1.54) is 51.7 Å². The summed E-state index contributed by atoms with van der Waals surface area (Å²) in [6.07, 6.45) is 7.33. The van der Waals surface area contributed by atoms with Crippen LogP contribution in [0, 0.1) is 5.92 Å². The molecule has 18 heavy (non-hydrogen) atoms. The minimum absolute atomic E-state index is 0.334. The average Bonchev–Trinajstić information content (AvgIpc) is 2.61. The van der Waals surface area contributed by atoms with E-state index in [-0.39, 0.29) is 0 Å². The Morgan fingerprint density at radius 1 is 1.22 bits per heavy atom. The maximum absolute atomic E-state index is 9.08. The molecular weight excluding hydrogens is 224 g/mol. The molecule has 1 aliphatic heterocycles. The summed E-state index contributed by atoms with van der Waals surface area (Å²) < 4.78 is 0.